The van der Waals surface area contributed by atoms with Gasteiger partial charge in [0.05, 0.1) is 5.52 Å². The molecule has 7 heteroatoms. The van der Waals surface area contributed by atoms with E-state index in [-0.39, 0.29) is 22.9 Å². The summed E-state index contributed by atoms with van der Waals surface area (Å²) in [6.07, 6.45) is 0. The molecule has 0 saturated heterocycles. The van der Waals surface area contributed by atoms with Crippen molar-refractivity contribution in [3.63, 3.8) is 0 Å². The Labute approximate surface area is 112 Å². The average Bonchev–Trinajstić information content (AvgIpc) is 2.60. The highest BCUT2D eigenvalue weighted by Gasteiger charge is 2.26. The quantitative estimate of drug-likeness (QED) is 0.939. The molecule has 0 bridgehead atoms. The van der Waals surface area contributed by atoms with Crippen LogP contribution in [0, 0.1) is 5.82 Å². The number of alkyl halides is 2. The number of amides is 1. The Morgan fingerprint density at radius 3 is 2.50 bits per heavy atom. The van der Waals surface area contributed by atoms with Crippen LogP contribution < -0.4 is 10.5 Å². The van der Waals surface area contributed by atoms with E-state index in [4.69, 9.17) is 5.73 Å². The molecule has 0 fully saturated rings. The van der Waals surface area contributed by atoms with Gasteiger partial charge in [-0.05, 0) is 32.0 Å². The van der Waals surface area contributed by atoms with E-state index in [1.807, 2.05) is 0 Å². The molecule has 0 saturated carbocycles. The van der Waals surface area contributed by atoms with Gasteiger partial charge in [-0.1, -0.05) is 0 Å². The Bertz CT molecular complexity index is 665. The van der Waals surface area contributed by atoms with E-state index < -0.39 is 18.3 Å². The van der Waals surface area contributed by atoms with Crippen LogP contribution in [-0.4, -0.2) is 17.1 Å². The first-order valence-electron chi connectivity index (χ1n) is 5.91. The predicted molar refractivity (Wildman–Crippen MR) is 67.4 cm³/mol. The number of ether oxygens (including phenoxy) is 1. The van der Waals surface area contributed by atoms with Gasteiger partial charge in [0.25, 0.3) is 5.91 Å². The van der Waals surface area contributed by atoms with Gasteiger partial charge >= 0.3 is 6.61 Å². The molecule has 108 valence electrons. The lowest BCUT2D eigenvalue weighted by Crippen LogP contribution is -2.16. The number of benzene rings is 1. The van der Waals surface area contributed by atoms with Gasteiger partial charge in [-0.15, -0.1) is 0 Å². The van der Waals surface area contributed by atoms with Crippen LogP contribution in [0.15, 0.2) is 18.2 Å². The van der Waals surface area contributed by atoms with Crippen LogP contribution in [0.2, 0.25) is 0 Å². The van der Waals surface area contributed by atoms with Crippen molar-refractivity contribution in [1.82, 2.24) is 4.57 Å². The second-order valence-corrected chi connectivity index (χ2v) is 4.55. The maximum absolute atomic E-state index is 13.3. The summed E-state index contributed by atoms with van der Waals surface area (Å²) in [5.74, 6) is -1.89. The number of nitrogens with two attached hydrogens (primary N) is 1. The Morgan fingerprint density at radius 1 is 1.35 bits per heavy atom. The van der Waals surface area contributed by atoms with Crippen molar-refractivity contribution in [3.05, 3.63) is 29.6 Å². The molecule has 0 aliphatic heterocycles. The SMILES string of the molecule is CC(C)n1c(OC(F)F)c(C(N)=O)c2cc(F)ccc21. The molecule has 0 radical (unpaired) electrons. The maximum atomic E-state index is 13.3. The van der Waals surface area contributed by atoms with E-state index >= 15 is 0 Å². The number of carbonyl (C=O) groups is 1. The fraction of sp³-hybridized carbons (Fsp3) is 0.308. The van der Waals surface area contributed by atoms with Crippen LogP contribution in [0.5, 0.6) is 5.88 Å². The van der Waals surface area contributed by atoms with E-state index in [0.29, 0.717) is 5.52 Å². The first kappa shape index (κ1) is 14.2. The molecule has 1 amide bonds. The molecule has 4 nitrogen and oxygen atoms in total. The number of rotatable bonds is 4. The number of primary amides is 1. The van der Waals surface area contributed by atoms with E-state index in [2.05, 4.69) is 4.74 Å². The molecule has 2 aromatic rings. The molecule has 20 heavy (non-hydrogen) atoms. The molecule has 1 aromatic carbocycles. The second kappa shape index (κ2) is 5.07. The summed E-state index contributed by atoms with van der Waals surface area (Å²) in [5.41, 5.74) is 5.39. The number of carbonyl (C=O) groups excluding carboxylic acids is 1. The van der Waals surface area contributed by atoms with Crippen LogP contribution in [-0.2, 0) is 0 Å². The molecule has 1 heterocycles. The van der Waals surface area contributed by atoms with Crippen LogP contribution in [0.4, 0.5) is 13.2 Å². The highest BCUT2D eigenvalue weighted by Crippen LogP contribution is 2.36. The third-order valence-corrected chi connectivity index (χ3v) is 2.88. The summed E-state index contributed by atoms with van der Waals surface area (Å²) in [4.78, 5) is 11.5. The summed E-state index contributed by atoms with van der Waals surface area (Å²) in [7, 11) is 0. The first-order valence-corrected chi connectivity index (χ1v) is 5.91. The molecule has 2 rings (SSSR count). The predicted octanol–water partition coefficient (Wildman–Crippen LogP) is 3.06. The van der Waals surface area contributed by atoms with Crippen molar-refractivity contribution in [2.75, 3.05) is 0 Å². The Morgan fingerprint density at radius 2 is 2.00 bits per heavy atom. The normalized spacial score (nSPS) is 11.6. The molecule has 0 spiro atoms. The van der Waals surface area contributed by atoms with E-state index in [9.17, 15) is 18.0 Å². The number of aromatic nitrogens is 1. The van der Waals surface area contributed by atoms with Crippen LogP contribution in [0.25, 0.3) is 10.9 Å². The minimum atomic E-state index is -3.11. The highest BCUT2D eigenvalue weighted by molar-refractivity contribution is 6.09. The molecule has 0 aliphatic rings. The fourth-order valence-electron chi connectivity index (χ4n) is 2.21. The number of hydrogen-bond donors (Lipinski definition) is 1. The summed E-state index contributed by atoms with van der Waals surface area (Å²) < 4.78 is 44.3. The van der Waals surface area contributed by atoms with Gasteiger partial charge in [-0.2, -0.15) is 8.78 Å². The zero-order valence-corrected chi connectivity index (χ0v) is 10.9. The number of hydrogen-bond acceptors (Lipinski definition) is 2. The van der Waals surface area contributed by atoms with Crippen molar-refractivity contribution in [1.29, 1.82) is 0 Å². The highest BCUT2D eigenvalue weighted by atomic mass is 19.3. The molecular weight excluding hydrogens is 273 g/mol. The minimum absolute atomic E-state index is 0.154. The van der Waals surface area contributed by atoms with Crippen LogP contribution in [0.1, 0.15) is 30.2 Å². The average molecular weight is 286 g/mol. The van der Waals surface area contributed by atoms with Gasteiger partial charge in [-0.25, -0.2) is 4.39 Å². The lowest BCUT2D eigenvalue weighted by molar-refractivity contribution is -0.0555. The smallest absolute Gasteiger partial charge is 0.388 e. The van der Waals surface area contributed by atoms with Gasteiger partial charge in [0.1, 0.15) is 11.4 Å². The molecule has 0 aliphatic carbocycles. The van der Waals surface area contributed by atoms with E-state index in [1.165, 1.54) is 16.7 Å². The zero-order valence-electron chi connectivity index (χ0n) is 10.9. The summed E-state index contributed by atoms with van der Waals surface area (Å²) in [6.45, 7) is 0.345. The summed E-state index contributed by atoms with van der Waals surface area (Å²) in [6, 6.07) is 3.38. The zero-order chi connectivity index (χ0) is 15.0. The van der Waals surface area contributed by atoms with Crippen molar-refractivity contribution in [3.8, 4) is 5.88 Å². The van der Waals surface area contributed by atoms with E-state index in [0.717, 1.165) is 6.07 Å². The lowest BCUT2D eigenvalue weighted by Gasteiger charge is -2.15. The van der Waals surface area contributed by atoms with Gasteiger partial charge in [0.2, 0.25) is 5.88 Å². The van der Waals surface area contributed by atoms with Gasteiger partial charge in [0.15, 0.2) is 0 Å². The van der Waals surface area contributed by atoms with Crippen LogP contribution >= 0.6 is 0 Å². The van der Waals surface area contributed by atoms with E-state index in [1.54, 1.807) is 13.8 Å². The lowest BCUT2D eigenvalue weighted by atomic mass is 10.1. The second-order valence-electron chi connectivity index (χ2n) is 4.55. The van der Waals surface area contributed by atoms with Gasteiger partial charge in [0, 0.05) is 11.4 Å². The van der Waals surface area contributed by atoms with Crippen molar-refractivity contribution < 1.29 is 22.7 Å². The van der Waals surface area contributed by atoms with Crippen molar-refractivity contribution >= 4 is 16.8 Å². The first-order chi connectivity index (χ1) is 9.32. The third-order valence-electron chi connectivity index (χ3n) is 2.88. The number of halogens is 3. The molecule has 0 atom stereocenters. The monoisotopic (exact) mass is 286 g/mol. The van der Waals surface area contributed by atoms with Crippen molar-refractivity contribution in [2.24, 2.45) is 5.73 Å². The Kier molecular flexibility index (Phi) is 3.61. The maximum Gasteiger partial charge on any atom is 0.388 e. The van der Waals surface area contributed by atoms with Crippen molar-refractivity contribution in [2.45, 2.75) is 26.5 Å². The number of nitrogens with zero attached hydrogens (tertiary/aromatic N) is 1. The fourth-order valence-corrected chi connectivity index (χ4v) is 2.21. The van der Waals surface area contributed by atoms with Gasteiger partial charge < -0.3 is 15.0 Å². The van der Waals surface area contributed by atoms with Gasteiger partial charge in [-0.3, -0.25) is 4.79 Å². The third kappa shape index (κ3) is 2.31. The molecule has 0 unspecified atom stereocenters. The summed E-state index contributed by atoms with van der Waals surface area (Å²) in [5, 5.41) is 0.154. The Balaban J connectivity index is 2.87. The minimum Gasteiger partial charge on any atom is -0.418 e. The summed E-state index contributed by atoms with van der Waals surface area (Å²) >= 11 is 0. The van der Waals surface area contributed by atoms with Crippen LogP contribution in [0.3, 0.4) is 0 Å². The molecule has 2 N–H and O–H groups in total. The Hall–Kier alpha value is -2.18. The topological polar surface area (TPSA) is 57.2 Å². The largest absolute Gasteiger partial charge is 0.418 e. The molecule has 1 aromatic heterocycles. The standard InChI is InChI=1S/C13H13F3N2O2/c1-6(2)18-9-4-3-7(14)5-8(9)10(11(17)19)12(18)20-13(15)16/h3-6,13H,1-2H3,(H2,17,19). The number of fused-ring (bicyclic) bond motifs is 1. The molecular formula is C13H13F3N2O2.